The number of piperidine rings is 1. The Balaban J connectivity index is 2.16. The molecule has 1 amide bonds. The van der Waals surface area contributed by atoms with Gasteiger partial charge in [0.15, 0.2) is 0 Å². The second-order valence-corrected chi connectivity index (χ2v) is 6.29. The Bertz CT molecular complexity index is 508. The Hall–Kier alpha value is -1.56. The van der Waals surface area contributed by atoms with E-state index in [0.29, 0.717) is 23.2 Å². The van der Waals surface area contributed by atoms with E-state index in [9.17, 15) is 4.79 Å². The molecular formula is C15H27N5O. The summed E-state index contributed by atoms with van der Waals surface area (Å²) in [5.74, 6) is 1.07. The summed E-state index contributed by atoms with van der Waals surface area (Å²) in [5.41, 5.74) is 6.81. The van der Waals surface area contributed by atoms with Gasteiger partial charge in [0.2, 0.25) is 0 Å². The molecule has 0 spiro atoms. The highest BCUT2D eigenvalue weighted by Gasteiger charge is 2.27. The molecule has 1 aliphatic heterocycles. The molecule has 2 heterocycles. The first-order valence-corrected chi connectivity index (χ1v) is 7.71. The van der Waals surface area contributed by atoms with E-state index in [1.165, 1.54) is 6.42 Å². The highest BCUT2D eigenvalue weighted by atomic mass is 16.1. The van der Waals surface area contributed by atoms with Crippen LogP contribution in [0.1, 0.15) is 42.7 Å². The quantitative estimate of drug-likeness (QED) is 0.850. The Morgan fingerprint density at radius 1 is 1.52 bits per heavy atom. The van der Waals surface area contributed by atoms with Gasteiger partial charge in [-0.15, -0.1) is 0 Å². The highest BCUT2D eigenvalue weighted by molar-refractivity contribution is 5.99. The second-order valence-electron chi connectivity index (χ2n) is 6.29. The summed E-state index contributed by atoms with van der Waals surface area (Å²) >= 11 is 0. The van der Waals surface area contributed by atoms with Crippen molar-refractivity contribution in [1.29, 1.82) is 0 Å². The molecule has 1 unspecified atom stereocenters. The summed E-state index contributed by atoms with van der Waals surface area (Å²) in [6, 6.07) is 0.500. The van der Waals surface area contributed by atoms with Gasteiger partial charge in [0.05, 0.1) is 5.69 Å². The normalized spacial score (nSPS) is 19.3. The molecule has 1 atom stereocenters. The number of hydrogen-bond acceptors (Lipinski definition) is 4. The Morgan fingerprint density at radius 2 is 2.24 bits per heavy atom. The molecule has 2 rings (SSSR count). The number of nitrogens with zero attached hydrogens (tertiary/aromatic N) is 3. The predicted molar refractivity (Wildman–Crippen MR) is 84.5 cm³/mol. The lowest BCUT2D eigenvalue weighted by molar-refractivity contribution is 0.1000. The smallest absolute Gasteiger partial charge is 0.254 e. The zero-order valence-electron chi connectivity index (χ0n) is 13.5. The lowest BCUT2D eigenvalue weighted by Crippen LogP contribution is -2.42. The van der Waals surface area contributed by atoms with Crippen molar-refractivity contribution in [3.05, 3.63) is 11.3 Å². The zero-order valence-corrected chi connectivity index (χ0v) is 13.5. The maximum Gasteiger partial charge on any atom is 0.254 e. The zero-order chi connectivity index (χ0) is 15.6. The number of rotatable bonds is 5. The van der Waals surface area contributed by atoms with E-state index in [-0.39, 0.29) is 0 Å². The molecule has 6 heteroatoms. The fraction of sp³-hybridized carbons (Fsp3) is 0.733. The molecule has 0 bridgehead atoms. The number of nitrogens with one attached hydrogen (secondary N) is 1. The van der Waals surface area contributed by atoms with Crippen LogP contribution in [0.5, 0.6) is 0 Å². The molecule has 21 heavy (non-hydrogen) atoms. The van der Waals surface area contributed by atoms with E-state index in [4.69, 9.17) is 5.73 Å². The van der Waals surface area contributed by atoms with Crippen molar-refractivity contribution in [3.8, 4) is 0 Å². The first-order chi connectivity index (χ1) is 9.90. The number of carbonyl (C=O) groups excluding carboxylic acids is 1. The number of carbonyl (C=O) groups is 1. The lowest BCUT2D eigenvalue weighted by Gasteiger charge is -2.35. The minimum Gasteiger partial charge on any atom is -0.365 e. The third kappa shape index (κ3) is 3.56. The minimum absolute atomic E-state index is 0.391. The lowest BCUT2D eigenvalue weighted by atomic mass is 9.97. The van der Waals surface area contributed by atoms with Crippen molar-refractivity contribution >= 4 is 11.7 Å². The second kappa shape index (κ2) is 6.47. The molecule has 1 aromatic heterocycles. The van der Waals surface area contributed by atoms with E-state index >= 15 is 0 Å². The molecule has 0 radical (unpaired) electrons. The molecule has 0 aliphatic carbocycles. The fourth-order valence-electron chi connectivity index (χ4n) is 3.12. The van der Waals surface area contributed by atoms with Crippen LogP contribution < -0.4 is 16.0 Å². The molecule has 1 fully saturated rings. The number of aromatic nitrogens is 2. The molecule has 0 saturated carbocycles. The van der Waals surface area contributed by atoms with Crippen LogP contribution in [0.25, 0.3) is 0 Å². The first kappa shape index (κ1) is 15.8. The largest absolute Gasteiger partial charge is 0.365 e. The summed E-state index contributed by atoms with van der Waals surface area (Å²) < 4.78 is 1.79. The molecular weight excluding hydrogens is 266 g/mol. The van der Waals surface area contributed by atoms with Crippen molar-refractivity contribution in [1.82, 2.24) is 15.1 Å². The third-order valence-electron chi connectivity index (χ3n) is 4.07. The van der Waals surface area contributed by atoms with E-state index in [1.54, 1.807) is 4.68 Å². The van der Waals surface area contributed by atoms with Crippen molar-refractivity contribution in [2.24, 2.45) is 18.7 Å². The van der Waals surface area contributed by atoms with Gasteiger partial charge in [0.1, 0.15) is 11.4 Å². The van der Waals surface area contributed by atoms with Crippen LogP contribution in [0.2, 0.25) is 0 Å². The van der Waals surface area contributed by atoms with Gasteiger partial charge < -0.3 is 16.0 Å². The van der Waals surface area contributed by atoms with Crippen LogP contribution in [0.4, 0.5) is 5.82 Å². The number of aryl methyl sites for hydroxylation is 2. The third-order valence-corrected chi connectivity index (χ3v) is 4.07. The van der Waals surface area contributed by atoms with Crippen molar-refractivity contribution in [2.75, 3.05) is 24.5 Å². The minimum atomic E-state index is -0.391. The molecule has 3 N–H and O–H groups in total. The van der Waals surface area contributed by atoms with E-state index in [0.717, 1.165) is 31.9 Å². The van der Waals surface area contributed by atoms with Gasteiger partial charge in [-0.3, -0.25) is 9.48 Å². The molecule has 6 nitrogen and oxygen atoms in total. The van der Waals surface area contributed by atoms with Crippen molar-refractivity contribution in [3.63, 3.8) is 0 Å². The highest BCUT2D eigenvalue weighted by Crippen LogP contribution is 2.27. The monoisotopic (exact) mass is 293 g/mol. The molecule has 1 saturated heterocycles. The number of primary amides is 1. The summed E-state index contributed by atoms with van der Waals surface area (Å²) in [7, 11) is 1.88. The van der Waals surface area contributed by atoms with Crippen LogP contribution in [0.15, 0.2) is 0 Å². The average molecular weight is 293 g/mol. The van der Waals surface area contributed by atoms with Gasteiger partial charge in [0, 0.05) is 26.2 Å². The summed E-state index contributed by atoms with van der Waals surface area (Å²) in [6.07, 6.45) is 2.35. The average Bonchev–Trinajstić information content (AvgIpc) is 2.71. The number of hydrogen-bond donors (Lipinski definition) is 2. The number of amides is 1. The Labute approximate surface area is 126 Å². The van der Waals surface area contributed by atoms with Gasteiger partial charge in [-0.25, -0.2) is 0 Å². The first-order valence-electron chi connectivity index (χ1n) is 7.71. The van der Waals surface area contributed by atoms with Crippen LogP contribution in [0, 0.1) is 12.8 Å². The van der Waals surface area contributed by atoms with Gasteiger partial charge in [-0.2, -0.15) is 5.10 Å². The van der Waals surface area contributed by atoms with Gasteiger partial charge in [-0.1, -0.05) is 13.8 Å². The summed E-state index contributed by atoms with van der Waals surface area (Å²) in [6.45, 7) is 9.07. The standard InChI is InChI=1S/C15H27N5O/c1-10(2)17-8-12-6-5-7-20(9-12)15-13(14(16)21)11(3)18-19(15)4/h10,12,17H,5-9H2,1-4H3,(H2,16,21). The Kier molecular flexibility index (Phi) is 4.88. The van der Waals surface area contributed by atoms with Gasteiger partial charge in [-0.05, 0) is 32.2 Å². The number of nitrogens with two attached hydrogens (primary N) is 1. The SMILES string of the molecule is Cc1nn(C)c(N2CCCC(CNC(C)C)C2)c1C(N)=O. The van der Waals surface area contributed by atoms with Gasteiger partial charge in [0.25, 0.3) is 5.91 Å². The molecule has 0 aromatic carbocycles. The number of anilines is 1. The van der Waals surface area contributed by atoms with Gasteiger partial charge >= 0.3 is 0 Å². The molecule has 1 aliphatic rings. The van der Waals surface area contributed by atoms with E-state index in [1.807, 2.05) is 14.0 Å². The maximum absolute atomic E-state index is 11.7. The summed E-state index contributed by atoms with van der Waals surface area (Å²) in [4.78, 5) is 14.0. The molecule has 118 valence electrons. The van der Waals surface area contributed by atoms with Crippen molar-refractivity contribution in [2.45, 2.75) is 39.7 Å². The van der Waals surface area contributed by atoms with Crippen LogP contribution in [-0.2, 0) is 7.05 Å². The Morgan fingerprint density at radius 3 is 2.86 bits per heavy atom. The summed E-state index contributed by atoms with van der Waals surface area (Å²) in [5, 5.41) is 7.87. The van der Waals surface area contributed by atoms with Crippen LogP contribution in [0.3, 0.4) is 0 Å². The van der Waals surface area contributed by atoms with E-state index in [2.05, 4.69) is 29.2 Å². The fourth-order valence-corrected chi connectivity index (χ4v) is 3.12. The van der Waals surface area contributed by atoms with Crippen LogP contribution >= 0.6 is 0 Å². The van der Waals surface area contributed by atoms with Crippen LogP contribution in [-0.4, -0.2) is 41.4 Å². The molecule has 1 aromatic rings. The predicted octanol–water partition coefficient (Wildman–Crippen LogP) is 1.04. The van der Waals surface area contributed by atoms with E-state index < -0.39 is 5.91 Å². The maximum atomic E-state index is 11.7. The topological polar surface area (TPSA) is 76.2 Å². The van der Waals surface area contributed by atoms with Crippen molar-refractivity contribution < 1.29 is 4.79 Å².